The number of halogens is 2. The lowest BCUT2D eigenvalue weighted by Gasteiger charge is -2.10. The summed E-state index contributed by atoms with van der Waals surface area (Å²) in [5.74, 6) is 0.377. The summed E-state index contributed by atoms with van der Waals surface area (Å²) in [6, 6.07) is 5.03. The number of aromatic amines is 1. The van der Waals surface area contributed by atoms with E-state index in [1.54, 1.807) is 18.2 Å². The lowest BCUT2D eigenvalue weighted by Crippen LogP contribution is -2.08. The average Bonchev–Trinajstić information content (AvgIpc) is 2.76. The van der Waals surface area contributed by atoms with Gasteiger partial charge in [0.2, 0.25) is 5.78 Å². The number of nitrogens with one attached hydrogen (secondary N) is 1. The van der Waals surface area contributed by atoms with Crippen molar-refractivity contribution < 1.29 is 14.3 Å². The zero-order valence-corrected chi connectivity index (χ0v) is 11.7. The number of hydrogen-bond acceptors (Lipinski definition) is 4. The number of benzene rings is 1. The molecule has 0 bridgehead atoms. The largest absolute Gasteiger partial charge is 0.496 e. The van der Waals surface area contributed by atoms with Crippen LogP contribution in [0.15, 0.2) is 18.2 Å². The van der Waals surface area contributed by atoms with E-state index in [1.807, 2.05) is 0 Å². The van der Waals surface area contributed by atoms with Crippen LogP contribution in [0.1, 0.15) is 16.2 Å². The van der Waals surface area contributed by atoms with Gasteiger partial charge in [0.25, 0.3) is 0 Å². The van der Waals surface area contributed by atoms with Gasteiger partial charge in [0.05, 0.1) is 14.2 Å². The number of imidazole rings is 1. The van der Waals surface area contributed by atoms with E-state index in [2.05, 4.69) is 9.97 Å². The highest BCUT2D eigenvalue weighted by molar-refractivity contribution is 6.40. The van der Waals surface area contributed by atoms with Crippen molar-refractivity contribution in [3.8, 4) is 11.5 Å². The lowest BCUT2D eigenvalue weighted by atomic mass is 10.1. The highest BCUT2D eigenvalue weighted by Gasteiger charge is 2.23. The summed E-state index contributed by atoms with van der Waals surface area (Å²) in [5.41, 5.74) is 0.259. The first kappa shape index (κ1) is 13.7. The zero-order chi connectivity index (χ0) is 14.0. The van der Waals surface area contributed by atoms with Crippen LogP contribution in [0.2, 0.25) is 10.3 Å². The summed E-state index contributed by atoms with van der Waals surface area (Å²) >= 11 is 11.5. The minimum absolute atomic E-state index is 0.0257. The highest BCUT2D eigenvalue weighted by Crippen LogP contribution is 2.31. The van der Waals surface area contributed by atoms with Crippen LogP contribution in [0.25, 0.3) is 0 Å². The molecule has 0 saturated heterocycles. The summed E-state index contributed by atoms with van der Waals surface area (Å²) in [6.07, 6.45) is 0. The Balaban J connectivity index is 2.54. The predicted octanol–water partition coefficient (Wildman–Crippen LogP) is 2.96. The molecular formula is C12H10Cl2N2O3. The molecule has 0 atom stereocenters. The van der Waals surface area contributed by atoms with Crippen LogP contribution in [0.4, 0.5) is 0 Å². The molecule has 0 aliphatic carbocycles. The molecule has 1 aromatic heterocycles. The van der Waals surface area contributed by atoms with Crippen LogP contribution >= 0.6 is 23.2 Å². The number of hydrogen-bond donors (Lipinski definition) is 1. The molecule has 5 nitrogen and oxygen atoms in total. The first-order valence-corrected chi connectivity index (χ1v) is 6.00. The van der Waals surface area contributed by atoms with E-state index in [4.69, 9.17) is 32.7 Å². The lowest BCUT2D eigenvalue weighted by molar-refractivity contribution is 0.102. The minimum atomic E-state index is -0.414. The molecule has 0 fully saturated rings. The normalized spacial score (nSPS) is 10.3. The number of nitrogens with zero attached hydrogens (tertiary/aromatic N) is 1. The van der Waals surface area contributed by atoms with Gasteiger partial charge in [-0.05, 0) is 12.1 Å². The third-order valence-electron chi connectivity index (χ3n) is 2.49. The van der Waals surface area contributed by atoms with Crippen molar-refractivity contribution in [2.45, 2.75) is 0 Å². The Kier molecular flexibility index (Phi) is 3.97. The van der Waals surface area contributed by atoms with E-state index in [0.717, 1.165) is 0 Å². The maximum Gasteiger partial charge on any atom is 0.235 e. The molecule has 0 aliphatic rings. The Labute approximate surface area is 119 Å². The third kappa shape index (κ3) is 2.52. The molecule has 1 aromatic carbocycles. The Morgan fingerprint density at radius 1 is 1.21 bits per heavy atom. The highest BCUT2D eigenvalue weighted by atomic mass is 35.5. The Hall–Kier alpha value is -1.72. The van der Waals surface area contributed by atoms with E-state index in [9.17, 15) is 4.79 Å². The molecule has 100 valence electrons. The quantitative estimate of drug-likeness (QED) is 0.882. The van der Waals surface area contributed by atoms with Gasteiger partial charge in [0.1, 0.15) is 22.2 Å². The first-order chi connectivity index (χ1) is 9.08. The number of carbonyl (C=O) groups is 1. The fourth-order valence-electron chi connectivity index (χ4n) is 1.63. The zero-order valence-electron chi connectivity index (χ0n) is 10.2. The van der Waals surface area contributed by atoms with Crippen molar-refractivity contribution >= 4 is 29.0 Å². The summed E-state index contributed by atoms with van der Waals surface area (Å²) < 4.78 is 10.3. The molecule has 0 saturated carbocycles. The van der Waals surface area contributed by atoms with Gasteiger partial charge in [0.15, 0.2) is 11.0 Å². The molecule has 2 rings (SSSR count). The third-order valence-corrected chi connectivity index (χ3v) is 3.13. The summed E-state index contributed by atoms with van der Waals surface area (Å²) in [5, 5.41) is 0.151. The van der Waals surface area contributed by atoms with Gasteiger partial charge in [-0.25, -0.2) is 4.98 Å². The summed E-state index contributed by atoms with van der Waals surface area (Å²) in [6.45, 7) is 0. The van der Waals surface area contributed by atoms with Crippen LogP contribution in [0, 0.1) is 0 Å². The van der Waals surface area contributed by atoms with Gasteiger partial charge < -0.3 is 14.5 Å². The molecule has 0 amide bonds. The summed E-state index contributed by atoms with van der Waals surface area (Å²) in [4.78, 5) is 18.9. The molecule has 2 aromatic rings. The second-order valence-corrected chi connectivity index (χ2v) is 4.29. The second kappa shape index (κ2) is 5.50. The van der Waals surface area contributed by atoms with Gasteiger partial charge in [-0.15, -0.1) is 0 Å². The van der Waals surface area contributed by atoms with Crippen molar-refractivity contribution in [1.82, 2.24) is 9.97 Å². The number of carbonyl (C=O) groups excluding carboxylic acids is 1. The Bertz CT molecular complexity index is 584. The van der Waals surface area contributed by atoms with E-state index in [1.165, 1.54) is 14.2 Å². The number of aromatic nitrogens is 2. The van der Waals surface area contributed by atoms with Crippen molar-refractivity contribution in [3.63, 3.8) is 0 Å². The molecule has 0 unspecified atom stereocenters. The van der Waals surface area contributed by atoms with Crippen molar-refractivity contribution in [2.24, 2.45) is 0 Å². The molecule has 1 heterocycles. The smallest absolute Gasteiger partial charge is 0.235 e. The monoisotopic (exact) mass is 300 g/mol. The van der Waals surface area contributed by atoms with Crippen LogP contribution < -0.4 is 9.47 Å². The molecule has 0 radical (unpaired) electrons. The van der Waals surface area contributed by atoms with Crippen LogP contribution in [-0.4, -0.2) is 30.0 Å². The number of ketones is 1. The van der Waals surface area contributed by atoms with Crippen LogP contribution in [0.5, 0.6) is 11.5 Å². The predicted molar refractivity (Wildman–Crippen MR) is 71.6 cm³/mol. The van der Waals surface area contributed by atoms with Gasteiger partial charge in [-0.2, -0.15) is 0 Å². The van der Waals surface area contributed by atoms with E-state index >= 15 is 0 Å². The molecule has 1 N–H and O–H groups in total. The maximum atomic E-state index is 12.4. The fourth-order valence-corrected chi connectivity index (χ4v) is 1.90. The van der Waals surface area contributed by atoms with Gasteiger partial charge in [-0.3, -0.25) is 4.79 Å². The van der Waals surface area contributed by atoms with Crippen LogP contribution in [0.3, 0.4) is 0 Å². The van der Waals surface area contributed by atoms with Crippen molar-refractivity contribution in [2.75, 3.05) is 14.2 Å². The Morgan fingerprint density at radius 3 is 2.21 bits per heavy atom. The van der Waals surface area contributed by atoms with E-state index in [0.29, 0.717) is 11.5 Å². The van der Waals surface area contributed by atoms with Crippen molar-refractivity contribution in [3.05, 3.63) is 39.9 Å². The maximum absolute atomic E-state index is 12.4. The number of methoxy groups -OCH3 is 2. The molecule has 0 spiro atoms. The molecule has 0 aliphatic heterocycles. The topological polar surface area (TPSA) is 64.2 Å². The standard InChI is InChI=1S/C12H10Cl2N2O3/c1-18-6-4-3-5-7(19-2)8(6)9(17)12-15-10(13)11(14)16-12/h3-5H,1-2H3,(H,15,16). The average molecular weight is 301 g/mol. The number of H-pyrrole nitrogens is 1. The molecular weight excluding hydrogens is 291 g/mol. The number of rotatable bonds is 4. The first-order valence-electron chi connectivity index (χ1n) is 5.25. The van der Waals surface area contributed by atoms with Gasteiger partial charge in [-0.1, -0.05) is 29.3 Å². The van der Waals surface area contributed by atoms with Gasteiger partial charge in [0, 0.05) is 0 Å². The van der Waals surface area contributed by atoms with Crippen molar-refractivity contribution in [1.29, 1.82) is 0 Å². The molecule has 7 heteroatoms. The fraction of sp³-hybridized carbons (Fsp3) is 0.167. The number of ether oxygens (including phenoxy) is 2. The Morgan fingerprint density at radius 2 is 1.79 bits per heavy atom. The van der Waals surface area contributed by atoms with E-state index in [-0.39, 0.29) is 21.7 Å². The second-order valence-electron chi connectivity index (χ2n) is 3.56. The van der Waals surface area contributed by atoms with Crippen LogP contribution in [-0.2, 0) is 0 Å². The SMILES string of the molecule is COc1cccc(OC)c1C(=O)c1nc(Cl)c(Cl)[nH]1. The minimum Gasteiger partial charge on any atom is -0.496 e. The molecule has 19 heavy (non-hydrogen) atoms. The summed E-state index contributed by atoms with van der Waals surface area (Å²) in [7, 11) is 2.93. The van der Waals surface area contributed by atoms with E-state index < -0.39 is 5.78 Å². The van der Waals surface area contributed by atoms with Gasteiger partial charge >= 0.3 is 0 Å².